The topological polar surface area (TPSA) is 120 Å². The van der Waals surface area contributed by atoms with Crippen molar-refractivity contribution in [3.8, 4) is 28.4 Å². The number of aryl methyl sites for hydroxylation is 2. The molecule has 210 valence electrons. The number of rotatable bonds is 6. The van der Waals surface area contributed by atoms with Gasteiger partial charge in [0.1, 0.15) is 11.6 Å². The number of amides is 1. The highest BCUT2D eigenvalue weighted by Gasteiger charge is 2.36. The van der Waals surface area contributed by atoms with E-state index in [9.17, 15) is 32.3 Å². The lowest BCUT2D eigenvalue weighted by Gasteiger charge is -2.15. The van der Waals surface area contributed by atoms with Crippen LogP contribution in [0.15, 0.2) is 71.9 Å². The SMILES string of the molecule is Cn1ccc(-c2cc(C(=O)Nc3cnc(Cn4c(O)cn(C)c4=O)nc3-c3ccccc3)c(F)cc2C(F)(F)F)n1. The molecule has 3 aromatic heterocycles. The molecule has 10 nitrogen and oxygen atoms in total. The van der Waals surface area contributed by atoms with Crippen molar-refractivity contribution >= 4 is 11.6 Å². The highest BCUT2D eigenvalue weighted by molar-refractivity contribution is 6.06. The zero-order valence-corrected chi connectivity index (χ0v) is 21.5. The van der Waals surface area contributed by atoms with Crippen molar-refractivity contribution in [3.05, 3.63) is 100 Å². The fourth-order valence-corrected chi connectivity index (χ4v) is 4.22. The lowest BCUT2D eigenvalue weighted by atomic mass is 9.99. The van der Waals surface area contributed by atoms with Gasteiger partial charge in [-0.1, -0.05) is 30.3 Å². The minimum Gasteiger partial charge on any atom is -0.493 e. The molecule has 0 radical (unpaired) electrons. The quantitative estimate of drug-likeness (QED) is 0.297. The Balaban J connectivity index is 1.55. The molecular weight excluding hydrogens is 546 g/mol. The fraction of sp³-hybridized carbons (Fsp3) is 0.148. The number of carbonyl (C=O) groups excluding carboxylic acids is 1. The predicted octanol–water partition coefficient (Wildman–Crippen LogP) is 4.21. The van der Waals surface area contributed by atoms with E-state index >= 15 is 0 Å². The Morgan fingerprint density at radius 2 is 1.83 bits per heavy atom. The van der Waals surface area contributed by atoms with Crippen LogP contribution in [0.25, 0.3) is 22.5 Å². The molecule has 0 fully saturated rings. The second-order valence-corrected chi connectivity index (χ2v) is 9.09. The monoisotopic (exact) mass is 567 g/mol. The summed E-state index contributed by atoms with van der Waals surface area (Å²) in [6, 6.07) is 10.9. The van der Waals surface area contributed by atoms with Crippen LogP contribution in [0.5, 0.6) is 5.88 Å². The molecule has 0 spiro atoms. The number of alkyl halides is 3. The summed E-state index contributed by atoms with van der Waals surface area (Å²) < 4.78 is 59.7. The first-order chi connectivity index (χ1) is 19.4. The molecule has 2 aromatic carbocycles. The number of aromatic hydroxyl groups is 1. The van der Waals surface area contributed by atoms with E-state index in [2.05, 4.69) is 20.4 Å². The minimum atomic E-state index is -4.90. The number of halogens is 4. The van der Waals surface area contributed by atoms with Crippen LogP contribution in [-0.4, -0.2) is 39.9 Å². The van der Waals surface area contributed by atoms with Gasteiger partial charge in [-0.25, -0.2) is 19.2 Å². The molecule has 5 rings (SSSR count). The van der Waals surface area contributed by atoms with E-state index in [4.69, 9.17) is 0 Å². The third kappa shape index (κ3) is 5.44. The molecule has 14 heteroatoms. The van der Waals surface area contributed by atoms with Gasteiger partial charge in [0, 0.05) is 31.4 Å². The van der Waals surface area contributed by atoms with Crippen molar-refractivity contribution in [3.63, 3.8) is 0 Å². The Bertz CT molecular complexity index is 1830. The smallest absolute Gasteiger partial charge is 0.417 e. The van der Waals surface area contributed by atoms with Gasteiger partial charge in [0.15, 0.2) is 0 Å². The number of imidazole rings is 1. The van der Waals surface area contributed by atoms with E-state index in [1.165, 1.54) is 48.0 Å². The largest absolute Gasteiger partial charge is 0.493 e. The van der Waals surface area contributed by atoms with Crippen molar-refractivity contribution < 1.29 is 27.5 Å². The molecule has 0 aliphatic heterocycles. The predicted molar refractivity (Wildman–Crippen MR) is 139 cm³/mol. The van der Waals surface area contributed by atoms with Gasteiger partial charge in [0.25, 0.3) is 5.91 Å². The van der Waals surface area contributed by atoms with Crippen LogP contribution in [0.3, 0.4) is 0 Å². The fourth-order valence-electron chi connectivity index (χ4n) is 4.22. The van der Waals surface area contributed by atoms with E-state index < -0.39 is 40.3 Å². The maximum atomic E-state index is 15.0. The summed E-state index contributed by atoms with van der Waals surface area (Å²) >= 11 is 0. The molecule has 0 saturated heterocycles. The summed E-state index contributed by atoms with van der Waals surface area (Å²) in [6.45, 7) is -0.194. The van der Waals surface area contributed by atoms with Crippen molar-refractivity contribution in [1.82, 2.24) is 28.9 Å². The van der Waals surface area contributed by atoms with Crippen LogP contribution < -0.4 is 11.0 Å². The second kappa shape index (κ2) is 10.4. The Kier molecular flexibility index (Phi) is 6.91. The zero-order valence-electron chi connectivity index (χ0n) is 21.5. The van der Waals surface area contributed by atoms with Crippen molar-refractivity contribution in [2.24, 2.45) is 14.1 Å². The van der Waals surface area contributed by atoms with Crippen LogP contribution in [0.1, 0.15) is 21.7 Å². The lowest BCUT2D eigenvalue weighted by molar-refractivity contribution is -0.137. The van der Waals surface area contributed by atoms with Gasteiger partial charge in [-0.2, -0.15) is 18.3 Å². The molecule has 0 unspecified atom stereocenters. The van der Waals surface area contributed by atoms with E-state index in [1.54, 1.807) is 30.3 Å². The number of nitrogens with zero attached hydrogens (tertiary/aromatic N) is 6. The average molecular weight is 568 g/mol. The lowest BCUT2D eigenvalue weighted by Crippen LogP contribution is -2.23. The van der Waals surface area contributed by atoms with Crippen LogP contribution in [0.4, 0.5) is 23.2 Å². The third-order valence-electron chi connectivity index (χ3n) is 6.20. The van der Waals surface area contributed by atoms with Gasteiger partial charge < -0.3 is 10.4 Å². The Hall–Kier alpha value is -5.27. The van der Waals surface area contributed by atoms with E-state index in [0.29, 0.717) is 5.56 Å². The maximum absolute atomic E-state index is 15.0. The number of carbonyl (C=O) groups is 1. The number of hydrogen-bond acceptors (Lipinski definition) is 6. The molecule has 0 atom stereocenters. The average Bonchev–Trinajstić information content (AvgIpc) is 3.46. The summed E-state index contributed by atoms with van der Waals surface area (Å²) in [4.78, 5) is 34.2. The number of hydrogen-bond donors (Lipinski definition) is 2. The van der Waals surface area contributed by atoms with Crippen molar-refractivity contribution in [2.45, 2.75) is 12.7 Å². The van der Waals surface area contributed by atoms with Gasteiger partial charge in [0.05, 0.1) is 47.1 Å². The van der Waals surface area contributed by atoms with Gasteiger partial charge in [-0.05, 0) is 18.2 Å². The second-order valence-electron chi connectivity index (χ2n) is 9.09. The first kappa shape index (κ1) is 27.3. The first-order valence-corrected chi connectivity index (χ1v) is 12.0. The number of anilines is 1. The van der Waals surface area contributed by atoms with Gasteiger partial charge in [-0.3, -0.25) is 18.6 Å². The van der Waals surface area contributed by atoms with Gasteiger partial charge in [0.2, 0.25) is 5.88 Å². The van der Waals surface area contributed by atoms with Gasteiger partial charge in [-0.15, -0.1) is 0 Å². The summed E-state index contributed by atoms with van der Waals surface area (Å²) in [6.07, 6.45) is -1.02. The van der Waals surface area contributed by atoms with Crippen LogP contribution in [-0.2, 0) is 26.8 Å². The molecule has 1 amide bonds. The van der Waals surface area contributed by atoms with Crippen LogP contribution >= 0.6 is 0 Å². The molecule has 0 aliphatic carbocycles. The van der Waals surface area contributed by atoms with E-state index in [-0.39, 0.29) is 41.4 Å². The number of nitrogens with one attached hydrogen (secondary N) is 1. The van der Waals surface area contributed by atoms with Crippen LogP contribution in [0, 0.1) is 5.82 Å². The number of aromatic nitrogens is 6. The molecule has 3 heterocycles. The summed E-state index contributed by atoms with van der Waals surface area (Å²) in [5, 5.41) is 16.6. The molecule has 0 bridgehead atoms. The molecule has 0 saturated carbocycles. The summed E-state index contributed by atoms with van der Waals surface area (Å²) in [5.74, 6) is -2.61. The zero-order chi connectivity index (χ0) is 29.5. The molecule has 2 N–H and O–H groups in total. The number of benzene rings is 2. The maximum Gasteiger partial charge on any atom is 0.417 e. The van der Waals surface area contributed by atoms with E-state index in [1.807, 2.05) is 0 Å². The van der Waals surface area contributed by atoms with E-state index in [0.717, 1.165) is 10.6 Å². The summed E-state index contributed by atoms with van der Waals surface area (Å²) in [7, 11) is 2.98. The molecular formula is C27H21F4N7O3. The van der Waals surface area contributed by atoms with Crippen molar-refractivity contribution in [1.29, 1.82) is 0 Å². The summed E-state index contributed by atoms with van der Waals surface area (Å²) in [5.41, 5.74) is -2.23. The van der Waals surface area contributed by atoms with Crippen LogP contribution in [0.2, 0.25) is 0 Å². The third-order valence-corrected chi connectivity index (χ3v) is 6.20. The normalized spacial score (nSPS) is 11.6. The molecule has 5 aromatic rings. The minimum absolute atomic E-state index is 0.0354. The van der Waals surface area contributed by atoms with Crippen molar-refractivity contribution in [2.75, 3.05) is 5.32 Å². The molecule has 0 aliphatic rings. The van der Waals surface area contributed by atoms with Gasteiger partial charge >= 0.3 is 11.9 Å². The highest BCUT2D eigenvalue weighted by atomic mass is 19.4. The first-order valence-electron chi connectivity index (χ1n) is 12.0. The molecule has 41 heavy (non-hydrogen) atoms. The Morgan fingerprint density at radius 3 is 2.44 bits per heavy atom. The highest BCUT2D eigenvalue weighted by Crippen LogP contribution is 2.38. The Labute approximate surface area is 229 Å². The standard InChI is InChI=1S/C27H21F4N7O3/c1-36-14-23(39)38(26(36)41)13-22-32-12-21(24(34-22)15-6-4-3-5-7-15)33-25(40)17-10-16(20-8-9-37(2)35-20)18(11-19(17)28)27(29,30)31/h3-12,14,39H,13H2,1-2H3,(H,33,40). The Morgan fingerprint density at radius 1 is 1.10 bits per heavy atom.